The van der Waals surface area contributed by atoms with Crippen molar-refractivity contribution in [3.05, 3.63) is 57.7 Å². The number of allylic oxidation sites excluding steroid dienone is 3. The van der Waals surface area contributed by atoms with Gasteiger partial charge in [0.15, 0.2) is 11.6 Å². The number of rotatable bonds is 1. The third kappa shape index (κ3) is 2.56. The van der Waals surface area contributed by atoms with Crippen LogP contribution in [-0.4, -0.2) is 42.3 Å². The molecular formula is C22H23NO4. The van der Waals surface area contributed by atoms with Crippen molar-refractivity contribution in [2.24, 2.45) is 11.8 Å². The highest BCUT2D eigenvalue weighted by Gasteiger charge is 2.45. The SMILES string of the molecule is CCOC(=O)N1CCC2C(=C(C)C(C)C3=C2C(=O)c2ccccc2C3=O)C1. The van der Waals surface area contributed by atoms with Crippen LogP contribution in [-0.2, 0) is 4.74 Å². The van der Waals surface area contributed by atoms with E-state index in [0.717, 1.165) is 11.1 Å². The minimum absolute atomic E-state index is 0.0288. The van der Waals surface area contributed by atoms with Crippen molar-refractivity contribution >= 4 is 17.7 Å². The lowest BCUT2D eigenvalue weighted by Gasteiger charge is -2.42. The molecule has 0 saturated carbocycles. The molecule has 1 aromatic carbocycles. The molecule has 2 atom stereocenters. The molecule has 2 unspecified atom stereocenters. The lowest BCUT2D eigenvalue weighted by molar-refractivity contribution is 0.0930. The second-order valence-electron chi connectivity index (χ2n) is 7.42. The van der Waals surface area contributed by atoms with Crippen LogP contribution in [0.2, 0.25) is 0 Å². The van der Waals surface area contributed by atoms with Gasteiger partial charge in [-0.3, -0.25) is 9.59 Å². The van der Waals surface area contributed by atoms with Crippen LogP contribution in [0.1, 0.15) is 47.9 Å². The molecule has 5 nitrogen and oxygen atoms in total. The molecule has 1 fully saturated rings. The quantitative estimate of drug-likeness (QED) is 0.710. The minimum Gasteiger partial charge on any atom is -0.450 e. The molecule has 0 aromatic heterocycles. The lowest BCUT2D eigenvalue weighted by Crippen LogP contribution is -2.45. The Morgan fingerprint density at radius 3 is 2.41 bits per heavy atom. The molecule has 2 aliphatic carbocycles. The Balaban J connectivity index is 1.76. The van der Waals surface area contributed by atoms with Crippen LogP contribution in [0.15, 0.2) is 46.6 Å². The summed E-state index contributed by atoms with van der Waals surface area (Å²) >= 11 is 0. The maximum absolute atomic E-state index is 13.3. The van der Waals surface area contributed by atoms with E-state index in [4.69, 9.17) is 4.74 Å². The molecule has 0 N–H and O–H groups in total. The number of hydrogen-bond donors (Lipinski definition) is 0. The van der Waals surface area contributed by atoms with Crippen molar-refractivity contribution in [2.75, 3.05) is 19.7 Å². The fourth-order valence-electron chi connectivity index (χ4n) is 4.63. The van der Waals surface area contributed by atoms with Gasteiger partial charge in [-0.25, -0.2) is 4.79 Å². The number of Topliss-reactive ketones (excluding diaryl/α,β-unsaturated/α-hetero) is 2. The van der Waals surface area contributed by atoms with Gasteiger partial charge in [0.1, 0.15) is 0 Å². The number of benzene rings is 1. The summed E-state index contributed by atoms with van der Waals surface area (Å²) in [5.41, 5.74) is 4.48. The number of nitrogens with zero attached hydrogens (tertiary/aromatic N) is 1. The van der Waals surface area contributed by atoms with E-state index in [9.17, 15) is 14.4 Å². The van der Waals surface area contributed by atoms with Crippen molar-refractivity contribution in [3.8, 4) is 0 Å². The van der Waals surface area contributed by atoms with E-state index in [1.165, 1.54) is 0 Å². The van der Waals surface area contributed by atoms with E-state index in [1.807, 2.05) is 13.8 Å². The first-order valence-electron chi connectivity index (χ1n) is 9.49. The van der Waals surface area contributed by atoms with Crippen LogP contribution in [0, 0.1) is 11.8 Å². The summed E-state index contributed by atoms with van der Waals surface area (Å²) in [5, 5.41) is 0. The number of amides is 1. The molecule has 3 aliphatic rings. The number of ether oxygens (including phenoxy) is 1. The summed E-state index contributed by atoms with van der Waals surface area (Å²) < 4.78 is 5.15. The average molecular weight is 365 g/mol. The molecule has 0 bridgehead atoms. The monoisotopic (exact) mass is 365 g/mol. The van der Waals surface area contributed by atoms with Gasteiger partial charge in [0.25, 0.3) is 0 Å². The highest BCUT2D eigenvalue weighted by molar-refractivity contribution is 6.27. The van der Waals surface area contributed by atoms with Gasteiger partial charge in [0.05, 0.1) is 6.61 Å². The maximum Gasteiger partial charge on any atom is 0.410 e. The van der Waals surface area contributed by atoms with Crippen LogP contribution in [0.5, 0.6) is 0 Å². The highest BCUT2D eigenvalue weighted by Crippen LogP contribution is 2.46. The number of fused-ring (bicyclic) bond motifs is 3. The topological polar surface area (TPSA) is 63.7 Å². The molecule has 1 amide bonds. The number of carbonyl (C=O) groups is 3. The molecule has 27 heavy (non-hydrogen) atoms. The molecule has 0 radical (unpaired) electrons. The van der Waals surface area contributed by atoms with Crippen molar-refractivity contribution < 1.29 is 19.1 Å². The third-order valence-electron chi connectivity index (χ3n) is 6.13. The third-order valence-corrected chi connectivity index (χ3v) is 6.13. The molecule has 140 valence electrons. The van der Waals surface area contributed by atoms with Gasteiger partial charge in [0.2, 0.25) is 0 Å². The highest BCUT2D eigenvalue weighted by atomic mass is 16.6. The fraction of sp³-hybridized carbons (Fsp3) is 0.409. The van der Waals surface area contributed by atoms with Crippen LogP contribution in [0.4, 0.5) is 4.79 Å². The molecule has 4 rings (SSSR count). The standard InChI is InChI=1S/C22H23NO4/c1-4-27-22(26)23-10-9-14-17(11-23)12(2)13(3)18-19(14)21(25)16-8-6-5-7-15(16)20(18)24/h5-8,13-14H,4,9-11H2,1-3H3. The van der Waals surface area contributed by atoms with Crippen molar-refractivity contribution in [3.63, 3.8) is 0 Å². The van der Waals surface area contributed by atoms with Gasteiger partial charge in [0, 0.05) is 47.2 Å². The predicted octanol–water partition coefficient (Wildman–Crippen LogP) is 3.81. The zero-order chi connectivity index (χ0) is 19.3. The first-order valence-corrected chi connectivity index (χ1v) is 9.49. The smallest absolute Gasteiger partial charge is 0.410 e. The largest absolute Gasteiger partial charge is 0.450 e. The van der Waals surface area contributed by atoms with Gasteiger partial charge in [-0.05, 0) is 25.8 Å². The molecule has 1 heterocycles. The molecule has 1 aromatic rings. The van der Waals surface area contributed by atoms with Crippen LogP contribution >= 0.6 is 0 Å². The zero-order valence-electron chi connectivity index (χ0n) is 15.9. The molecule has 1 aliphatic heterocycles. The van der Waals surface area contributed by atoms with E-state index in [1.54, 1.807) is 36.1 Å². The Hall–Kier alpha value is -2.69. The van der Waals surface area contributed by atoms with Gasteiger partial charge < -0.3 is 9.64 Å². The Kier molecular flexibility index (Phi) is 4.25. The van der Waals surface area contributed by atoms with E-state index in [0.29, 0.717) is 48.4 Å². The van der Waals surface area contributed by atoms with Crippen molar-refractivity contribution in [1.82, 2.24) is 4.90 Å². The van der Waals surface area contributed by atoms with Crippen LogP contribution in [0.3, 0.4) is 0 Å². The summed E-state index contributed by atoms with van der Waals surface area (Å²) in [7, 11) is 0. The van der Waals surface area contributed by atoms with E-state index in [2.05, 4.69) is 0 Å². The molecular weight excluding hydrogens is 342 g/mol. The Morgan fingerprint density at radius 2 is 1.78 bits per heavy atom. The zero-order valence-corrected chi connectivity index (χ0v) is 15.9. The average Bonchev–Trinajstić information content (AvgIpc) is 2.68. The number of piperidine rings is 1. The summed E-state index contributed by atoms with van der Waals surface area (Å²) in [6.45, 7) is 7.11. The van der Waals surface area contributed by atoms with E-state index >= 15 is 0 Å². The van der Waals surface area contributed by atoms with E-state index in [-0.39, 0.29) is 29.5 Å². The molecule has 5 heteroatoms. The first kappa shape index (κ1) is 17.7. The van der Waals surface area contributed by atoms with E-state index < -0.39 is 0 Å². The van der Waals surface area contributed by atoms with Gasteiger partial charge in [-0.1, -0.05) is 36.8 Å². The second-order valence-corrected chi connectivity index (χ2v) is 7.42. The lowest BCUT2D eigenvalue weighted by atomic mass is 9.65. The van der Waals surface area contributed by atoms with Gasteiger partial charge >= 0.3 is 6.09 Å². The maximum atomic E-state index is 13.3. The fourth-order valence-corrected chi connectivity index (χ4v) is 4.63. The molecule has 1 saturated heterocycles. The Morgan fingerprint density at radius 1 is 1.15 bits per heavy atom. The van der Waals surface area contributed by atoms with Crippen LogP contribution in [0.25, 0.3) is 0 Å². The predicted molar refractivity (Wildman–Crippen MR) is 101 cm³/mol. The van der Waals surface area contributed by atoms with Crippen LogP contribution < -0.4 is 0 Å². The first-order chi connectivity index (χ1) is 13.0. The second kappa shape index (κ2) is 6.48. The normalized spacial score (nSPS) is 24.5. The summed E-state index contributed by atoms with van der Waals surface area (Å²) in [6, 6.07) is 7.08. The molecule has 0 spiro atoms. The van der Waals surface area contributed by atoms with Crippen molar-refractivity contribution in [1.29, 1.82) is 0 Å². The minimum atomic E-state index is -0.319. The van der Waals surface area contributed by atoms with Gasteiger partial charge in [-0.15, -0.1) is 0 Å². The summed E-state index contributed by atoms with van der Waals surface area (Å²) in [4.78, 5) is 40.3. The Bertz CT molecular complexity index is 924. The van der Waals surface area contributed by atoms with Gasteiger partial charge in [-0.2, -0.15) is 0 Å². The Labute approximate surface area is 158 Å². The number of hydrogen-bond acceptors (Lipinski definition) is 4. The number of ketones is 2. The number of likely N-dealkylation sites (tertiary alicyclic amines) is 1. The van der Waals surface area contributed by atoms with Crippen molar-refractivity contribution in [2.45, 2.75) is 27.2 Å². The summed E-state index contributed by atoms with van der Waals surface area (Å²) in [6.07, 6.45) is 0.318. The summed E-state index contributed by atoms with van der Waals surface area (Å²) in [5.74, 6) is -0.282. The number of carbonyl (C=O) groups excluding carboxylic acids is 3.